The van der Waals surface area contributed by atoms with Gasteiger partial charge in [-0.05, 0) is 55.7 Å². The van der Waals surface area contributed by atoms with E-state index in [0.717, 1.165) is 17.2 Å². The number of unbranched alkanes of at least 4 members (excludes halogenated alkanes) is 2. The van der Waals surface area contributed by atoms with Crippen molar-refractivity contribution < 1.29 is 0 Å². The van der Waals surface area contributed by atoms with Crippen LogP contribution in [0.4, 0.5) is 0 Å². The molecule has 0 heterocycles. The van der Waals surface area contributed by atoms with Crippen LogP contribution >= 0.6 is 11.8 Å². The van der Waals surface area contributed by atoms with Gasteiger partial charge in [-0.2, -0.15) is 11.8 Å². The molecular formula is C18H37NS. The van der Waals surface area contributed by atoms with Crippen LogP contribution in [0.15, 0.2) is 0 Å². The summed E-state index contributed by atoms with van der Waals surface area (Å²) in [6, 6.07) is 0.764. The van der Waals surface area contributed by atoms with E-state index in [1.807, 2.05) is 0 Å². The van der Waals surface area contributed by atoms with Crippen molar-refractivity contribution in [3.05, 3.63) is 0 Å². The minimum Gasteiger partial charge on any atom is -0.313 e. The van der Waals surface area contributed by atoms with Crippen LogP contribution in [0.2, 0.25) is 0 Å². The molecule has 0 saturated heterocycles. The van der Waals surface area contributed by atoms with Gasteiger partial charge in [0, 0.05) is 11.3 Å². The van der Waals surface area contributed by atoms with Crippen LogP contribution in [0, 0.1) is 11.3 Å². The minimum atomic E-state index is 0.484. The molecule has 0 bridgehead atoms. The lowest BCUT2D eigenvalue weighted by Gasteiger charge is -2.42. The molecule has 1 N–H and O–H groups in total. The number of thioether (sulfide) groups is 1. The fraction of sp³-hybridized carbons (Fsp3) is 1.00. The molecular weight excluding hydrogens is 262 g/mol. The summed E-state index contributed by atoms with van der Waals surface area (Å²) < 4.78 is 0. The molecule has 1 saturated carbocycles. The first kappa shape index (κ1) is 18.4. The molecule has 0 amide bonds. The average molecular weight is 300 g/mol. The predicted molar refractivity (Wildman–Crippen MR) is 94.6 cm³/mol. The Balaban J connectivity index is 2.49. The maximum atomic E-state index is 3.81. The summed E-state index contributed by atoms with van der Waals surface area (Å²) in [6.07, 6.45) is 9.61. The van der Waals surface area contributed by atoms with Gasteiger partial charge in [-0.1, -0.05) is 47.5 Å². The molecule has 2 heteroatoms. The minimum absolute atomic E-state index is 0.484. The summed E-state index contributed by atoms with van der Waals surface area (Å²) >= 11 is 2.25. The highest BCUT2D eigenvalue weighted by atomic mass is 32.2. The Kier molecular flexibility index (Phi) is 8.59. The van der Waals surface area contributed by atoms with Crippen LogP contribution in [-0.4, -0.2) is 23.6 Å². The normalized spacial score (nSPS) is 27.8. The van der Waals surface area contributed by atoms with Gasteiger partial charge >= 0.3 is 0 Å². The van der Waals surface area contributed by atoms with E-state index < -0.39 is 0 Å². The Morgan fingerprint density at radius 2 is 1.80 bits per heavy atom. The topological polar surface area (TPSA) is 12.0 Å². The van der Waals surface area contributed by atoms with Crippen LogP contribution in [0.3, 0.4) is 0 Å². The van der Waals surface area contributed by atoms with Gasteiger partial charge in [-0.25, -0.2) is 0 Å². The van der Waals surface area contributed by atoms with E-state index in [4.69, 9.17) is 0 Å². The average Bonchev–Trinajstić information content (AvgIpc) is 2.41. The van der Waals surface area contributed by atoms with Crippen LogP contribution in [0.25, 0.3) is 0 Å². The highest BCUT2D eigenvalue weighted by Crippen LogP contribution is 2.41. The van der Waals surface area contributed by atoms with Gasteiger partial charge in [0.1, 0.15) is 0 Å². The maximum Gasteiger partial charge on any atom is 0.0204 e. The van der Waals surface area contributed by atoms with Gasteiger partial charge in [0.2, 0.25) is 0 Å². The van der Waals surface area contributed by atoms with Crippen molar-refractivity contribution in [2.45, 2.75) is 90.9 Å². The van der Waals surface area contributed by atoms with Crippen molar-refractivity contribution in [3.63, 3.8) is 0 Å². The molecule has 0 aromatic rings. The summed E-state index contributed by atoms with van der Waals surface area (Å²) in [7, 11) is 0. The van der Waals surface area contributed by atoms with Gasteiger partial charge < -0.3 is 5.32 Å². The van der Waals surface area contributed by atoms with Crippen molar-refractivity contribution in [2.24, 2.45) is 11.3 Å². The second-order valence-electron chi connectivity index (χ2n) is 7.55. The van der Waals surface area contributed by atoms with E-state index in [1.54, 1.807) is 0 Å². The van der Waals surface area contributed by atoms with Gasteiger partial charge in [0.15, 0.2) is 0 Å². The molecule has 20 heavy (non-hydrogen) atoms. The lowest BCUT2D eigenvalue weighted by Crippen LogP contribution is -2.45. The first-order valence-corrected chi connectivity index (χ1v) is 9.88. The van der Waals surface area contributed by atoms with E-state index in [2.05, 4.69) is 51.7 Å². The zero-order chi connectivity index (χ0) is 15.0. The molecule has 1 aliphatic carbocycles. The van der Waals surface area contributed by atoms with Crippen molar-refractivity contribution in [1.82, 2.24) is 5.32 Å². The number of nitrogens with one attached hydrogen (secondary N) is 1. The first-order chi connectivity index (χ1) is 9.49. The third kappa shape index (κ3) is 6.39. The van der Waals surface area contributed by atoms with Gasteiger partial charge in [-0.3, -0.25) is 0 Å². The van der Waals surface area contributed by atoms with E-state index in [9.17, 15) is 0 Å². The predicted octanol–water partition coefficient (Wildman–Crippen LogP) is 5.49. The highest BCUT2D eigenvalue weighted by Gasteiger charge is 2.35. The van der Waals surface area contributed by atoms with Crippen molar-refractivity contribution in [2.75, 3.05) is 12.3 Å². The molecule has 120 valence electrons. The zero-order valence-corrected chi connectivity index (χ0v) is 15.3. The molecule has 3 unspecified atom stereocenters. The second kappa shape index (κ2) is 9.35. The highest BCUT2D eigenvalue weighted by molar-refractivity contribution is 7.99. The molecule has 0 aromatic heterocycles. The van der Waals surface area contributed by atoms with Crippen LogP contribution in [0.5, 0.6) is 0 Å². The third-order valence-electron chi connectivity index (χ3n) is 4.75. The molecule has 1 fully saturated rings. The molecule has 3 atom stereocenters. The fourth-order valence-electron chi connectivity index (χ4n) is 3.25. The summed E-state index contributed by atoms with van der Waals surface area (Å²) in [4.78, 5) is 0. The first-order valence-electron chi connectivity index (χ1n) is 8.84. The largest absolute Gasteiger partial charge is 0.313 e. The van der Waals surface area contributed by atoms with Crippen LogP contribution in [-0.2, 0) is 0 Å². The quantitative estimate of drug-likeness (QED) is 0.594. The van der Waals surface area contributed by atoms with Crippen LogP contribution in [0.1, 0.15) is 79.6 Å². The Bertz CT molecular complexity index is 246. The number of rotatable bonds is 8. The van der Waals surface area contributed by atoms with Gasteiger partial charge in [0.05, 0.1) is 0 Å². The Morgan fingerprint density at radius 3 is 2.40 bits per heavy atom. The smallest absolute Gasteiger partial charge is 0.0204 e. The Hall–Kier alpha value is 0.310. The number of hydrogen-bond donors (Lipinski definition) is 1. The number of hydrogen-bond acceptors (Lipinski definition) is 2. The molecule has 1 nitrogen and oxygen atoms in total. The Morgan fingerprint density at radius 1 is 1.05 bits per heavy atom. The third-order valence-corrected chi connectivity index (χ3v) is 6.23. The standard InChI is InChI=1S/C18H37NS/c1-6-8-9-13-20-17-14-15(18(3,4)5)10-11-16(17)19-12-7-2/h15-17,19H,6-14H2,1-5H3. The second-order valence-corrected chi connectivity index (χ2v) is 8.90. The van der Waals surface area contributed by atoms with E-state index >= 15 is 0 Å². The molecule has 0 spiro atoms. The molecule has 1 aliphatic rings. The lowest BCUT2D eigenvalue weighted by molar-refractivity contribution is 0.165. The van der Waals surface area contributed by atoms with E-state index in [-0.39, 0.29) is 0 Å². The molecule has 1 rings (SSSR count). The summed E-state index contributed by atoms with van der Waals surface area (Å²) in [6.45, 7) is 13.0. The van der Waals surface area contributed by atoms with Gasteiger partial charge in [-0.15, -0.1) is 0 Å². The summed E-state index contributed by atoms with van der Waals surface area (Å²) in [5.74, 6) is 2.27. The van der Waals surface area contributed by atoms with Gasteiger partial charge in [0.25, 0.3) is 0 Å². The van der Waals surface area contributed by atoms with Crippen molar-refractivity contribution >= 4 is 11.8 Å². The van der Waals surface area contributed by atoms with Crippen LogP contribution < -0.4 is 5.32 Å². The lowest BCUT2D eigenvalue weighted by atomic mass is 9.71. The van der Waals surface area contributed by atoms with E-state index in [1.165, 1.54) is 57.2 Å². The molecule has 0 aromatic carbocycles. The molecule has 0 radical (unpaired) electrons. The van der Waals surface area contributed by atoms with Crippen molar-refractivity contribution in [3.8, 4) is 0 Å². The summed E-state index contributed by atoms with van der Waals surface area (Å²) in [5.41, 5.74) is 0.484. The van der Waals surface area contributed by atoms with Crippen molar-refractivity contribution in [1.29, 1.82) is 0 Å². The fourth-order valence-corrected chi connectivity index (χ4v) is 4.76. The monoisotopic (exact) mass is 299 g/mol. The van der Waals surface area contributed by atoms with E-state index in [0.29, 0.717) is 5.41 Å². The maximum absolute atomic E-state index is 3.81. The molecule has 0 aliphatic heterocycles. The SMILES string of the molecule is CCCCCSC1CC(C(C)(C)C)CCC1NCCC. The summed E-state index contributed by atoms with van der Waals surface area (Å²) in [5, 5.41) is 4.66. The Labute approximate surface area is 132 Å². The zero-order valence-electron chi connectivity index (χ0n) is 14.5.